The molecule has 17 nitrogen and oxygen atoms in total. The number of aliphatic hydroxyl groups excluding tert-OH is 1. The zero-order chi connectivity index (χ0) is 50.5. The summed E-state index contributed by atoms with van der Waals surface area (Å²) >= 11 is 1.57. The van der Waals surface area contributed by atoms with Gasteiger partial charge in [-0.3, -0.25) is 19.2 Å². The molecule has 3 aromatic carbocycles. The predicted octanol–water partition coefficient (Wildman–Crippen LogP) is 6.38. The van der Waals surface area contributed by atoms with Crippen LogP contribution in [0.3, 0.4) is 0 Å². The molecule has 4 amide bonds. The van der Waals surface area contributed by atoms with Gasteiger partial charge in [-0.15, -0.1) is 16.4 Å². The van der Waals surface area contributed by atoms with Gasteiger partial charge in [0.15, 0.2) is 15.5 Å². The maximum atomic E-state index is 14.1. The Kier molecular flexibility index (Phi) is 15.5. The topological polar surface area (TPSA) is 212 Å². The summed E-state index contributed by atoms with van der Waals surface area (Å²) < 4.78 is 25.6. The van der Waals surface area contributed by atoms with Crippen LogP contribution in [0.5, 0.6) is 0 Å². The molecular formula is C52H62N10O7S2. The van der Waals surface area contributed by atoms with Gasteiger partial charge in [0, 0.05) is 81.7 Å². The molecule has 0 aliphatic carbocycles. The van der Waals surface area contributed by atoms with Crippen molar-refractivity contribution in [2.45, 2.75) is 95.8 Å². The number of nitrogens with one attached hydrogen (secondary N) is 3. The van der Waals surface area contributed by atoms with Gasteiger partial charge < -0.3 is 35.8 Å². The van der Waals surface area contributed by atoms with Crippen LogP contribution in [0, 0.1) is 12.3 Å². The third-order valence-electron chi connectivity index (χ3n) is 13.1. The van der Waals surface area contributed by atoms with Crippen molar-refractivity contribution in [3.63, 3.8) is 0 Å². The minimum Gasteiger partial charge on any atom is -0.391 e. The standard InChI is InChI=1S/C52H62N10O7S2/c1-34-47(70-33-54-34)37-16-14-35(15-17-37)31-53-49(66)43-30-40(63)32-61(43)50(67)48(52(2,3)4)57-45(64)12-7-6-8-13-46(65)60-28-26-59(27-29-60)39-22-20-38(21-23-39)55-51-56-44-11-9-10-42(62(44)58-51)36-18-24-41(25-19-36)71(5,68)69/h9-11,14-25,33,40,43,48,63H,6-8,12-13,26-32H2,1-5H3,(H,53,66)(H,55,58)(H,57,64)/t40-,43+,48-/m1/s1. The Morgan fingerprint density at radius 1 is 0.859 bits per heavy atom. The number of carbonyl (C=O) groups excluding carboxylic acids is 4. The van der Waals surface area contributed by atoms with Gasteiger partial charge in [0.1, 0.15) is 12.1 Å². The lowest BCUT2D eigenvalue weighted by atomic mass is 9.85. The molecule has 0 unspecified atom stereocenters. The number of hydrogen-bond acceptors (Lipinski definition) is 13. The number of amides is 4. The first-order valence-electron chi connectivity index (χ1n) is 24.0. The fraction of sp³-hybridized carbons (Fsp3) is 0.404. The van der Waals surface area contributed by atoms with E-state index in [1.165, 1.54) is 11.2 Å². The highest BCUT2D eigenvalue weighted by Gasteiger charge is 2.44. The van der Waals surface area contributed by atoms with E-state index < -0.39 is 39.3 Å². The Hall–Kier alpha value is -6.70. The number of rotatable bonds is 17. The first kappa shape index (κ1) is 50.7. The lowest BCUT2D eigenvalue weighted by Crippen LogP contribution is -2.57. The zero-order valence-electron chi connectivity index (χ0n) is 40.8. The van der Waals surface area contributed by atoms with Gasteiger partial charge in [-0.1, -0.05) is 69.7 Å². The summed E-state index contributed by atoms with van der Waals surface area (Å²) in [7, 11) is -3.31. The fourth-order valence-electron chi connectivity index (χ4n) is 9.06. The van der Waals surface area contributed by atoms with Gasteiger partial charge in [-0.05, 0) is 84.8 Å². The first-order chi connectivity index (χ1) is 33.9. The molecule has 5 heterocycles. The number of nitrogens with zero attached hydrogens (tertiary/aromatic N) is 7. The van der Waals surface area contributed by atoms with Gasteiger partial charge in [-0.25, -0.2) is 17.9 Å². The lowest BCUT2D eigenvalue weighted by molar-refractivity contribution is -0.144. The van der Waals surface area contributed by atoms with E-state index >= 15 is 0 Å². The summed E-state index contributed by atoms with van der Waals surface area (Å²) in [5.74, 6) is -0.528. The molecule has 8 rings (SSSR count). The highest BCUT2D eigenvalue weighted by atomic mass is 32.2. The molecule has 374 valence electrons. The number of anilines is 3. The highest BCUT2D eigenvalue weighted by molar-refractivity contribution is 7.90. The van der Waals surface area contributed by atoms with Crippen LogP contribution >= 0.6 is 11.3 Å². The van der Waals surface area contributed by atoms with Gasteiger partial charge in [0.25, 0.3) is 0 Å². The van der Waals surface area contributed by atoms with Crippen LogP contribution in [-0.4, -0.2) is 124 Å². The first-order valence-corrected chi connectivity index (χ1v) is 26.8. The summed E-state index contributed by atoms with van der Waals surface area (Å²) in [6, 6.07) is 26.4. The number of piperazine rings is 1. The number of aryl methyl sites for hydroxylation is 1. The Morgan fingerprint density at radius 3 is 2.21 bits per heavy atom. The molecule has 2 saturated heterocycles. The number of unbranched alkanes of at least 4 members (excludes halogenated alkanes) is 2. The summed E-state index contributed by atoms with van der Waals surface area (Å²) in [6.45, 7) is 10.4. The minimum atomic E-state index is -3.31. The molecule has 0 bridgehead atoms. The van der Waals surface area contributed by atoms with Gasteiger partial charge in [0.2, 0.25) is 29.6 Å². The predicted molar refractivity (Wildman–Crippen MR) is 275 cm³/mol. The van der Waals surface area contributed by atoms with Gasteiger partial charge in [-0.2, -0.15) is 4.98 Å². The Balaban J connectivity index is 0.747. The van der Waals surface area contributed by atoms with Crippen LogP contribution in [0.2, 0.25) is 0 Å². The molecule has 0 spiro atoms. The Morgan fingerprint density at radius 2 is 1.55 bits per heavy atom. The quantitative estimate of drug-likeness (QED) is 0.0734. The second kappa shape index (κ2) is 21.7. The number of likely N-dealkylation sites (tertiary alicyclic amines) is 1. The van der Waals surface area contributed by atoms with Crippen molar-refractivity contribution in [3.8, 4) is 21.7 Å². The smallest absolute Gasteiger partial charge is 0.247 e. The van der Waals surface area contributed by atoms with Crippen molar-refractivity contribution >= 4 is 67.8 Å². The number of aromatic nitrogens is 4. The van der Waals surface area contributed by atoms with Crippen LogP contribution in [0.25, 0.3) is 27.3 Å². The number of pyridine rings is 1. The van der Waals surface area contributed by atoms with E-state index in [4.69, 9.17) is 0 Å². The maximum Gasteiger partial charge on any atom is 0.247 e. The summed E-state index contributed by atoms with van der Waals surface area (Å²) in [5.41, 5.74) is 8.13. The number of sulfone groups is 1. The number of benzene rings is 3. The molecule has 6 aromatic rings. The largest absolute Gasteiger partial charge is 0.391 e. The van der Waals surface area contributed by atoms with Crippen molar-refractivity contribution in [3.05, 3.63) is 108 Å². The second-order valence-electron chi connectivity index (χ2n) is 19.5. The van der Waals surface area contributed by atoms with Crippen molar-refractivity contribution < 1.29 is 32.7 Å². The summed E-state index contributed by atoms with van der Waals surface area (Å²) in [5, 5.41) is 24.4. The van der Waals surface area contributed by atoms with E-state index in [1.807, 2.05) is 105 Å². The van der Waals surface area contributed by atoms with Crippen molar-refractivity contribution in [1.82, 2.24) is 40.0 Å². The van der Waals surface area contributed by atoms with E-state index in [0.717, 1.165) is 44.3 Å². The average molecular weight is 1000 g/mol. The summed E-state index contributed by atoms with van der Waals surface area (Å²) in [6.07, 6.45) is 2.88. The van der Waals surface area contributed by atoms with Crippen LogP contribution < -0.4 is 20.9 Å². The zero-order valence-corrected chi connectivity index (χ0v) is 42.4. The molecule has 4 N–H and O–H groups in total. The normalized spacial score (nSPS) is 16.8. The molecule has 2 fully saturated rings. The van der Waals surface area contributed by atoms with Gasteiger partial charge in [0.05, 0.1) is 32.8 Å². The number of fused-ring (bicyclic) bond motifs is 1. The summed E-state index contributed by atoms with van der Waals surface area (Å²) in [4.78, 5) is 69.9. The maximum absolute atomic E-state index is 14.1. The van der Waals surface area contributed by atoms with Crippen LogP contribution in [0.1, 0.15) is 70.6 Å². The third-order valence-corrected chi connectivity index (χ3v) is 15.2. The Labute approximate surface area is 418 Å². The third kappa shape index (κ3) is 12.4. The number of β-amino-alcohol motifs (C(OH)–C–C–N with tert-alkyl or cyclic N) is 1. The highest BCUT2D eigenvalue weighted by Crippen LogP contribution is 2.30. The van der Waals surface area contributed by atoms with Crippen LogP contribution in [-0.2, 0) is 35.6 Å². The van der Waals surface area contributed by atoms with Crippen molar-refractivity contribution in [1.29, 1.82) is 0 Å². The van der Waals surface area contributed by atoms with E-state index in [9.17, 15) is 32.7 Å². The van der Waals surface area contributed by atoms with Crippen molar-refractivity contribution in [2.75, 3.05) is 49.2 Å². The molecule has 2 aliphatic rings. The van der Waals surface area contributed by atoms with E-state index in [2.05, 4.69) is 35.9 Å². The molecule has 0 radical (unpaired) electrons. The van der Waals surface area contributed by atoms with E-state index in [-0.39, 0.29) is 48.5 Å². The average Bonchev–Trinajstić information content (AvgIpc) is 4.09. The molecule has 0 saturated carbocycles. The fourth-order valence-corrected chi connectivity index (χ4v) is 10.5. The van der Waals surface area contributed by atoms with E-state index in [0.29, 0.717) is 63.5 Å². The number of hydrogen-bond donors (Lipinski definition) is 4. The monoisotopic (exact) mass is 1000 g/mol. The molecule has 2 aliphatic heterocycles. The van der Waals surface area contributed by atoms with Crippen LogP contribution in [0.4, 0.5) is 17.3 Å². The molecule has 3 atom stereocenters. The lowest BCUT2D eigenvalue weighted by Gasteiger charge is -2.36. The molecular weight excluding hydrogens is 941 g/mol. The molecule has 3 aromatic heterocycles. The molecule has 71 heavy (non-hydrogen) atoms. The Bertz CT molecular complexity index is 2960. The molecule has 19 heteroatoms. The number of aliphatic hydroxyl groups is 1. The van der Waals surface area contributed by atoms with Crippen LogP contribution in [0.15, 0.2) is 101 Å². The minimum absolute atomic E-state index is 0.000166. The SMILES string of the molecule is Cc1ncsc1-c1ccc(CNC(=O)[C@@H]2C[C@@H](O)CN2C(=O)[C@@H](NC(=O)CCCCCC(=O)N2CCN(c3ccc(Nc4nc5cccc(-c6ccc(S(C)(=O)=O)cc6)n5n4)cc3)CC2)C(C)(C)C)cc1. The van der Waals surface area contributed by atoms with E-state index in [1.54, 1.807) is 40.1 Å². The number of thiazole rings is 1. The van der Waals surface area contributed by atoms with Crippen molar-refractivity contribution in [2.24, 2.45) is 5.41 Å². The number of carbonyl (C=O) groups is 4. The second-order valence-corrected chi connectivity index (χ2v) is 22.3. The van der Waals surface area contributed by atoms with Gasteiger partial charge >= 0.3 is 0 Å².